The molecule has 2 aromatic carbocycles. The highest BCUT2D eigenvalue weighted by Crippen LogP contribution is 2.29. The van der Waals surface area contributed by atoms with Crippen molar-refractivity contribution in [3.8, 4) is 11.5 Å². The summed E-state index contributed by atoms with van der Waals surface area (Å²) in [7, 11) is -2.15. The maximum absolute atomic E-state index is 11.6. The van der Waals surface area contributed by atoms with Gasteiger partial charge < -0.3 is 10.5 Å². The summed E-state index contributed by atoms with van der Waals surface area (Å²) in [6, 6.07) is 13.5. The van der Waals surface area contributed by atoms with Crippen molar-refractivity contribution < 1.29 is 13.2 Å². The van der Waals surface area contributed by atoms with E-state index in [1.54, 1.807) is 12.1 Å². The lowest BCUT2D eigenvalue weighted by Gasteiger charge is -2.10. The quantitative estimate of drug-likeness (QED) is 0.838. The number of sulfonamides is 1. The number of hydrogen-bond acceptors (Lipinski definition) is 4. The number of ether oxygens (including phenoxy) is 1. The average Bonchev–Trinajstić information content (AvgIpc) is 2.42. The van der Waals surface area contributed by atoms with Crippen molar-refractivity contribution in [3.05, 3.63) is 48.5 Å². The van der Waals surface area contributed by atoms with E-state index in [9.17, 15) is 8.42 Å². The number of para-hydroxylation sites is 1. The first kappa shape index (κ1) is 13.4. The molecule has 0 heterocycles. The predicted octanol–water partition coefficient (Wildman–Crippen LogP) is 1.97. The predicted molar refractivity (Wildman–Crippen MR) is 73.6 cm³/mol. The number of rotatable bonds is 4. The minimum absolute atomic E-state index is 0.105. The lowest BCUT2D eigenvalue weighted by Crippen LogP contribution is -2.18. The fraction of sp³-hybridized carbons (Fsp3) is 0.0769. The molecule has 19 heavy (non-hydrogen) atoms. The van der Waals surface area contributed by atoms with Gasteiger partial charge in [-0.25, -0.2) is 13.1 Å². The Hall–Kier alpha value is -2.05. The van der Waals surface area contributed by atoms with Crippen LogP contribution in [0.3, 0.4) is 0 Å². The molecule has 0 atom stereocenters. The molecule has 0 bridgehead atoms. The van der Waals surface area contributed by atoms with E-state index in [0.29, 0.717) is 11.5 Å². The zero-order chi connectivity index (χ0) is 13.9. The van der Waals surface area contributed by atoms with Gasteiger partial charge in [0.1, 0.15) is 11.5 Å². The van der Waals surface area contributed by atoms with Gasteiger partial charge >= 0.3 is 0 Å². The highest BCUT2D eigenvalue weighted by atomic mass is 32.2. The van der Waals surface area contributed by atoms with E-state index >= 15 is 0 Å². The lowest BCUT2D eigenvalue weighted by molar-refractivity contribution is 0.484. The second-order valence-corrected chi connectivity index (χ2v) is 5.71. The van der Waals surface area contributed by atoms with Crippen molar-refractivity contribution >= 4 is 15.7 Å². The van der Waals surface area contributed by atoms with Crippen LogP contribution in [0.15, 0.2) is 53.4 Å². The van der Waals surface area contributed by atoms with E-state index in [2.05, 4.69) is 4.72 Å². The van der Waals surface area contributed by atoms with Crippen molar-refractivity contribution in [2.75, 3.05) is 12.8 Å². The van der Waals surface area contributed by atoms with Crippen LogP contribution in [0.5, 0.6) is 11.5 Å². The van der Waals surface area contributed by atoms with E-state index in [4.69, 9.17) is 10.5 Å². The van der Waals surface area contributed by atoms with E-state index in [0.717, 1.165) is 0 Å². The topological polar surface area (TPSA) is 81.4 Å². The largest absolute Gasteiger partial charge is 0.455 e. The highest BCUT2D eigenvalue weighted by Gasteiger charge is 2.13. The number of hydrogen-bond donors (Lipinski definition) is 2. The molecule has 0 fully saturated rings. The van der Waals surface area contributed by atoms with Gasteiger partial charge in [0.05, 0.1) is 10.6 Å². The van der Waals surface area contributed by atoms with E-state index in [1.165, 1.54) is 25.2 Å². The Bertz CT molecular complexity index is 670. The molecule has 5 nitrogen and oxygen atoms in total. The van der Waals surface area contributed by atoms with Crippen LogP contribution in [-0.4, -0.2) is 15.5 Å². The van der Waals surface area contributed by atoms with Gasteiger partial charge in [-0.2, -0.15) is 0 Å². The lowest BCUT2D eigenvalue weighted by atomic mass is 10.3. The number of nitrogen functional groups attached to an aromatic ring is 1. The summed E-state index contributed by atoms with van der Waals surface area (Å²) >= 11 is 0. The molecule has 0 aromatic heterocycles. The Balaban J connectivity index is 2.31. The van der Waals surface area contributed by atoms with Crippen LogP contribution < -0.4 is 15.2 Å². The van der Waals surface area contributed by atoms with Crippen LogP contribution in [0.25, 0.3) is 0 Å². The maximum Gasteiger partial charge on any atom is 0.240 e. The van der Waals surface area contributed by atoms with Crippen LogP contribution in [0, 0.1) is 0 Å². The van der Waals surface area contributed by atoms with E-state index in [1.807, 2.05) is 18.2 Å². The van der Waals surface area contributed by atoms with Crippen molar-refractivity contribution in [1.29, 1.82) is 0 Å². The molecule has 0 aliphatic heterocycles. The molecule has 0 radical (unpaired) electrons. The van der Waals surface area contributed by atoms with Gasteiger partial charge in [0.2, 0.25) is 10.0 Å². The highest BCUT2D eigenvalue weighted by molar-refractivity contribution is 7.89. The zero-order valence-electron chi connectivity index (χ0n) is 10.3. The standard InChI is InChI=1S/C13H14N2O3S/c1-15-19(16,17)11-7-8-13(12(14)9-11)18-10-5-3-2-4-6-10/h2-9,15H,14H2,1H3. The van der Waals surface area contributed by atoms with Crippen LogP contribution in [0.2, 0.25) is 0 Å². The summed E-state index contributed by atoms with van der Waals surface area (Å²) in [6.07, 6.45) is 0. The van der Waals surface area contributed by atoms with Crippen LogP contribution >= 0.6 is 0 Å². The van der Waals surface area contributed by atoms with Crippen molar-refractivity contribution in [3.63, 3.8) is 0 Å². The third-order valence-electron chi connectivity index (χ3n) is 2.53. The van der Waals surface area contributed by atoms with Crippen molar-refractivity contribution in [1.82, 2.24) is 4.72 Å². The molecule has 0 aliphatic rings. The monoisotopic (exact) mass is 278 g/mol. The first-order valence-electron chi connectivity index (χ1n) is 5.59. The Morgan fingerprint density at radius 2 is 1.79 bits per heavy atom. The SMILES string of the molecule is CNS(=O)(=O)c1ccc(Oc2ccccc2)c(N)c1. The smallest absolute Gasteiger partial charge is 0.240 e. The van der Waals surface area contributed by atoms with Gasteiger partial charge in [-0.1, -0.05) is 18.2 Å². The molecule has 0 amide bonds. The minimum Gasteiger partial charge on any atom is -0.455 e. The fourth-order valence-corrected chi connectivity index (χ4v) is 2.29. The number of nitrogens with two attached hydrogens (primary N) is 1. The molecule has 6 heteroatoms. The second kappa shape index (κ2) is 5.29. The number of benzene rings is 2. The Labute approximate surface area is 112 Å². The second-order valence-electron chi connectivity index (χ2n) is 3.82. The fourth-order valence-electron chi connectivity index (χ4n) is 1.52. The third-order valence-corrected chi connectivity index (χ3v) is 3.94. The summed E-state index contributed by atoms with van der Waals surface area (Å²) in [6.45, 7) is 0. The summed E-state index contributed by atoms with van der Waals surface area (Å²) in [5.74, 6) is 1.06. The van der Waals surface area contributed by atoms with E-state index < -0.39 is 10.0 Å². The summed E-state index contributed by atoms with van der Waals surface area (Å²) < 4.78 is 31.0. The van der Waals surface area contributed by atoms with Gasteiger partial charge in [0.25, 0.3) is 0 Å². The molecule has 0 spiro atoms. The maximum atomic E-state index is 11.6. The van der Waals surface area contributed by atoms with E-state index in [-0.39, 0.29) is 10.6 Å². The molecule has 0 saturated carbocycles. The van der Waals surface area contributed by atoms with Gasteiger partial charge in [-0.3, -0.25) is 0 Å². The number of anilines is 1. The summed E-state index contributed by atoms with van der Waals surface area (Å²) in [5, 5.41) is 0. The molecule has 100 valence electrons. The van der Waals surface area contributed by atoms with Gasteiger partial charge in [0, 0.05) is 0 Å². The van der Waals surface area contributed by atoms with Crippen LogP contribution in [0.4, 0.5) is 5.69 Å². The molecule has 0 aliphatic carbocycles. The Morgan fingerprint density at radius 1 is 1.11 bits per heavy atom. The van der Waals surface area contributed by atoms with Crippen molar-refractivity contribution in [2.24, 2.45) is 0 Å². The molecular weight excluding hydrogens is 264 g/mol. The Kier molecular flexibility index (Phi) is 3.73. The molecule has 2 rings (SSSR count). The molecule has 2 aromatic rings. The van der Waals surface area contributed by atoms with Gasteiger partial charge in [-0.15, -0.1) is 0 Å². The van der Waals surface area contributed by atoms with Crippen LogP contribution in [-0.2, 0) is 10.0 Å². The Morgan fingerprint density at radius 3 is 2.37 bits per heavy atom. The molecule has 0 unspecified atom stereocenters. The first-order chi connectivity index (χ1) is 9.03. The third kappa shape index (κ3) is 3.04. The molecule has 0 saturated heterocycles. The van der Waals surface area contributed by atoms with Crippen LogP contribution in [0.1, 0.15) is 0 Å². The normalized spacial score (nSPS) is 11.2. The first-order valence-corrected chi connectivity index (χ1v) is 7.07. The van der Waals surface area contributed by atoms with Gasteiger partial charge in [0.15, 0.2) is 0 Å². The zero-order valence-corrected chi connectivity index (χ0v) is 11.1. The summed E-state index contributed by atoms with van der Waals surface area (Å²) in [4.78, 5) is 0.105. The van der Waals surface area contributed by atoms with Crippen molar-refractivity contribution in [2.45, 2.75) is 4.90 Å². The number of nitrogens with one attached hydrogen (secondary N) is 1. The van der Waals surface area contributed by atoms with Gasteiger partial charge in [-0.05, 0) is 37.4 Å². The average molecular weight is 278 g/mol. The molecular formula is C13H14N2O3S. The summed E-state index contributed by atoms with van der Waals surface area (Å²) in [5.41, 5.74) is 6.07. The molecule has 3 N–H and O–H groups in total. The minimum atomic E-state index is -3.50.